The fourth-order valence-corrected chi connectivity index (χ4v) is 3.54. The lowest BCUT2D eigenvalue weighted by Crippen LogP contribution is -2.27. The fourth-order valence-electron chi connectivity index (χ4n) is 2.26. The first kappa shape index (κ1) is 15.6. The molecule has 6 heteroatoms. The van der Waals surface area contributed by atoms with Gasteiger partial charge < -0.3 is 9.84 Å². The second-order valence-corrected chi connectivity index (χ2v) is 6.46. The largest absolute Gasteiger partial charge is 0.508 e. The third kappa shape index (κ3) is 3.09. The molecule has 1 N–H and O–H groups in total. The molecule has 1 fully saturated rings. The average molecular weight is 343 g/mol. The zero-order valence-electron chi connectivity index (χ0n) is 12.2. The number of hydrogen-bond donors (Lipinski definition) is 1. The summed E-state index contributed by atoms with van der Waals surface area (Å²) in [7, 11) is 1.55. The maximum Gasteiger partial charge on any atom is 0.270 e. The summed E-state index contributed by atoms with van der Waals surface area (Å²) in [5.41, 5.74) is 1.36. The number of ether oxygens (including phenoxy) is 1. The molecule has 0 bridgehead atoms. The van der Waals surface area contributed by atoms with E-state index < -0.39 is 0 Å². The molecule has 0 saturated carbocycles. The van der Waals surface area contributed by atoms with Gasteiger partial charge in [-0.05, 0) is 35.9 Å². The van der Waals surface area contributed by atoms with Crippen LogP contribution in [-0.2, 0) is 4.79 Å². The molecule has 1 aliphatic heterocycles. The predicted octanol–water partition coefficient (Wildman–Crippen LogP) is 3.81. The quantitative estimate of drug-likeness (QED) is 0.678. The van der Waals surface area contributed by atoms with E-state index in [9.17, 15) is 9.90 Å². The van der Waals surface area contributed by atoms with Gasteiger partial charge in [0.2, 0.25) is 0 Å². The number of hydrogen-bond acceptors (Lipinski definition) is 5. The van der Waals surface area contributed by atoms with E-state index in [1.165, 1.54) is 16.7 Å². The summed E-state index contributed by atoms with van der Waals surface area (Å²) in [6.45, 7) is 0. The number of phenolic OH excluding ortho intramolecular Hbond substituents is 1. The van der Waals surface area contributed by atoms with Crippen LogP contribution in [0.2, 0.25) is 0 Å². The van der Waals surface area contributed by atoms with Crippen molar-refractivity contribution in [3.8, 4) is 11.5 Å². The molecule has 2 aromatic rings. The molecule has 0 unspecified atom stereocenters. The van der Waals surface area contributed by atoms with Crippen LogP contribution in [0.25, 0.3) is 6.08 Å². The summed E-state index contributed by atoms with van der Waals surface area (Å²) < 4.78 is 5.76. The number of carbonyl (C=O) groups excluding carboxylic acids is 1. The number of rotatable bonds is 3. The van der Waals surface area contributed by atoms with E-state index >= 15 is 0 Å². The molecule has 1 heterocycles. The molecule has 116 valence electrons. The molecule has 1 amide bonds. The molecule has 0 spiro atoms. The minimum atomic E-state index is -0.201. The van der Waals surface area contributed by atoms with Gasteiger partial charge in [0, 0.05) is 0 Å². The van der Waals surface area contributed by atoms with Gasteiger partial charge in [0.15, 0.2) is 4.32 Å². The number of amides is 1. The number of phenols is 1. The molecule has 0 aromatic heterocycles. The molecular weight excluding hydrogens is 330 g/mol. The summed E-state index contributed by atoms with van der Waals surface area (Å²) in [5.74, 6) is 0.536. The van der Waals surface area contributed by atoms with Gasteiger partial charge in [0.1, 0.15) is 11.5 Å². The first-order chi connectivity index (χ1) is 11.1. The van der Waals surface area contributed by atoms with Crippen molar-refractivity contribution in [2.75, 3.05) is 12.0 Å². The summed E-state index contributed by atoms with van der Waals surface area (Å²) >= 11 is 6.58. The van der Waals surface area contributed by atoms with Crippen LogP contribution in [0.5, 0.6) is 11.5 Å². The number of carbonyl (C=O) groups is 1. The van der Waals surface area contributed by atoms with Crippen LogP contribution in [-0.4, -0.2) is 22.4 Å². The van der Waals surface area contributed by atoms with Gasteiger partial charge in [0.05, 0.1) is 17.7 Å². The molecule has 2 aromatic carbocycles. The van der Waals surface area contributed by atoms with E-state index in [1.54, 1.807) is 43.5 Å². The summed E-state index contributed by atoms with van der Waals surface area (Å²) in [6.07, 6.45) is 1.72. The second kappa shape index (κ2) is 6.44. The Balaban J connectivity index is 1.97. The highest BCUT2D eigenvalue weighted by Gasteiger charge is 2.34. The molecule has 3 rings (SSSR count). The van der Waals surface area contributed by atoms with E-state index in [4.69, 9.17) is 17.0 Å². The van der Waals surface area contributed by atoms with Crippen molar-refractivity contribution in [3.63, 3.8) is 0 Å². The number of anilines is 1. The lowest BCUT2D eigenvalue weighted by Gasteiger charge is -2.17. The van der Waals surface area contributed by atoms with Gasteiger partial charge in [-0.15, -0.1) is 0 Å². The van der Waals surface area contributed by atoms with E-state index in [-0.39, 0.29) is 11.7 Å². The predicted molar refractivity (Wildman–Crippen MR) is 96.8 cm³/mol. The number of para-hydroxylation sites is 2. The fraction of sp³-hybridized carbons (Fsp3) is 0.0588. The molecule has 0 aliphatic carbocycles. The van der Waals surface area contributed by atoms with Gasteiger partial charge in [0.25, 0.3) is 5.91 Å². The van der Waals surface area contributed by atoms with Crippen LogP contribution < -0.4 is 9.64 Å². The van der Waals surface area contributed by atoms with Gasteiger partial charge >= 0.3 is 0 Å². The van der Waals surface area contributed by atoms with Gasteiger partial charge in [-0.25, -0.2) is 0 Å². The zero-order chi connectivity index (χ0) is 16.4. The van der Waals surface area contributed by atoms with Gasteiger partial charge in [-0.3, -0.25) is 9.69 Å². The number of nitrogens with zero attached hydrogens (tertiary/aromatic N) is 1. The minimum Gasteiger partial charge on any atom is -0.508 e. The van der Waals surface area contributed by atoms with Crippen molar-refractivity contribution in [1.29, 1.82) is 0 Å². The van der Waals surface area contributed by atoms with E-state index in [1.807, 2.05) is 18.2 Å². The lowest BCUT2D eigenvalue weighted by atomic mass is 10.2. The highest BCUT2D eigenvalue weighted by molar-refractivity contribution is 8.27. The molecule has 0 radical (unpaired) electrons. The third-order valence-corrected chi connectivity index (χ3v) is 4.59. The van der Waals surface area contributed by atoms with Crippen molar-refractivity contribution in [3.05, 3.63) is 59.0 Å². The monoisotopic (exact) mass is 343 g/mol. The van der Waals surface area contributed by atoms with Crippen molar-refractivity contribution >= 4 is 46.0 Å². The maximum absolute atomic E-state index is 12.7. The van der Waals surface area contributed by atoms with Gasteiger partial charge in [-0.1, -0.05) is 48.2 Å². The Labute approximate surface area is 143 Å². The van der Waals surface area contributed by atoms with E-state index in [2.05, 4.69) is 0 Å². The molecule has 23 heavy (non-hydrogen) atoms. The average Bonchev–Trinajstić information content (AvgIpc) is 2.81. The third-order valence-electron chi connectivity index (χ3n) is 3.29. The van der Waals surface area contributed by atoms with Crippen molar-refractivity contribution in [2.45, 2.75) is 0 Å². The Morgan fingerprint density at radius 2 is 2.00 bits per heavy atom. The number of benzene rings is 2. The molecule has 1 aliphatic rings. The molecule has 0 atom stereocenters. The Morgan fingerprint density at radius 1 is 1.22 bits per heavy atom. The molecular formula is C17H13NO3S2. The number of aromatic hydroxyl groups is 1. The van der Waals surface area contributed by atoms with Crippen molar-refractivity contribution in [2.24, 2.45) is 0 Å². The first-order valence-corrected chi connectivity index (χ1v) is 8.02. The first-order valence-electron chi connectivity index (χ1n) is 6.80. The van der Waals surface area contributed by atoms with Crippen molar-refractivity contribution < 1.29 is 14.6 Å². The van der Waals surface area contributed by atoms with Crippen LogP contribution in [0.4, 0.5) is 5.69 Å². The normalized spacial score (nSPS) is 16.2. The van der Waals surface area contributed by atoms with Crippen LogP contribution >= 0.6 is 24.0 Å². The second-order valence-electron chi connectivity index (χ2n) is 4.78. The Kier molecular flexibility index (Phi) is 4.36. The number of thioether (sulfide) groups is 1. The molecule has 4 nitrogen and oxygen atoms in total. The zero-order valence-corrected chi connectivity index (χ0v) is 13.9. The van der Waals surface area contributed by atoms with E-state index in [0.29, 0.717) is 20.7 Å². The standard InChI is InChI=1S/C17H13NO3S2/c1-21-14-8-3-2-7-13(14)18-16(20)15(23-17(18)22)10-11-5-4-6-12(19)9-11/h2-10,19H,1H3/b15-10-. The van der Waals surface area contributed by atoms with Crippen LogP contribution in [0.1, 0.15) is 5.56 Å². The van der Waals surface area contributed by atoms with Gasteiger partial charge in [-0.2, -0.15) is 0 Å². The van der Waals surface area contributed by atoms with Crippen LogP contribution in [0.15, 0.2) is 53.4 Å². The highest BCUT2D eigenvalue weighted by Crippen LogP contribution is 2.39. The Bertz CT molecular complexity index is 817. The van der Waals surface area contributed by atoms with Crippen LogP contribution in [0.3, 0.4) is 0 Å². The Morgan fingerprint density at radius 3 is 2.74 bits per heavy atom. The van der Waals surface area contributed by atoms with Crippen LogP contribution in [0, 0.1) is 0 Å². The number of methoxy groups -OCH3 is 1. The smallest absolute Gasteiger partial charge is 0.270 e. The van der Waals surface area contributed by atoms with Crippen molar-refractivity contribution in [1.82, 2.24) is 0 Å². The Hall–Kier alpha value is -2.31. The summed E-state index contributed by atoms with van der Waals surface area (Å²) in [5, 5.41) is 9.53. The topological polar surface area (TPSA) is 49.8 Å². The minimum absolute atomic E-state index is 0.152. The SMILES string of the molecule is COc1ccccc1N1C(=O)/C(=C/c2cccc(O)c2)SC1=S. The van der Waals surface area contributed by atoms with E-state index in [0.717, 1.165) is 5.56 Å². The summed E-state index contributed by atoms with van der Waals surface area (Å²) in [6, 6.07) is 14.0. The molecule has 1 saturated heterocycles. The lowest BCUT2D eigenvalue weighted by molar-refractivity contribution is -0.113. The highest BCUT2D eigenvalue weighted by atomic mass is 32.2. The number of thiocarbonyl (C=S) groups is 1. The summed E-state index contributed by atoms with van der Waals surface area (Å²) in [4.78, 5) is 14.7. The maximum atomic E-state index is 12.7.